The Hall–Kier alpha value is -1.46. The molecule has 2 rings (SSSR count). The van der Waals surface area contributed by atoms with Crippen molar-refractivity contribution in [3.05, 3.63) is 48.7 Å². The molecule has 1 aromatic heterocycles. The van der Waals surface area contributed by atoms with Gasteiger partial charge in [-0.2, -0.15) is 0 Å². The summed E-state index contributed by atoms with van der Waals surface area (Å²) in [7, 11) is 3.89. The first-order chi connectivity index (χ1) is 6.38. The molecule has 2 aromatic rings. The van der Waals surface area contributed by atoms with Crippen LogP contribution in [-0.2, 0) is 0 Å². The maximum atomic E-state index is 4.14. The van der Waals surface area contributed by atoms with Gasteiger partial charge in [-0.05, 0) is 0 Å². The zero-order chi connectivity index (χ0) is 9.10. The molecule has 1 radical (unpaired) electrons. The van der Waals surface area contributed by atoms with Gasteiger partial charge in [-0.1, -0.05) is 0 Å². The molecule has 59 valence electrons. The second-order valence-corrected chi connectivity index (χ2v) is 2.86. The standard InChI is InChI=1S/C11H8N.Be/c1-2-5-10(6-3-1)11-7-4-8-12-9-11;/h1-8H;. The first kappa shape index (κ1) is 8.15. The minimum absolute atomic E-state index is 0.828. The topological polar surface area (TPSA) is 12.9 Å². The van der Waals surface area contributed by atoms with Gasteiger partial charge in [0, 0.05) is 0 Å². The van der Waals surface area contributed by atoms with Crippen molar-refractivity contribution in [3.8, 4) is 11.1 Å². The summed E-state index contributed by atoms with van der Waals surface area (Å²) in [5.41, 5.74) is 3.09. The Morgan fingerprint density at radius 1 is 0.923 bits per heavy atom. The van der Waals surface area contributed by atoms with Crippen LogP contribution in [0.25, 0.3) is 11.1 Å². The summed E-state index contributed by atoms with van der Waals surface area (Å²) in [6, 6.07) is 14.1. The SMILES string of the molecule is [Be][c]1ncccc1-c1ccccc1. The van der Waals surface area contributed by atoms with Gasteiger partial charge in [0.2, 0.25) is 0 Å². The fraction of sp³-hybridized carbons (Fsp3) is 0. The van der Waals surface area contributed by atoms with Crippen molar-refractivity contribution in [1.29, 1.82) is 0 Å². The van der Waals surface area contributed by atoms with Crippen molar-refractivity contribution in [2.75, 3.05) is 0 Å². The van der Waals surface area contributed by atoms with Gasteiger partial charge < -0.3 is 0 Å². The van der Waals surface area contributed by atoms with E-state index in [1.165, 1.54) is 5.56 Å². The van der Waals surface area contributed by atoms with Gasteiger partial charge in [0.05, 0.1) is 0 Å². The van der Waals surface area contributed by atoms with Crippen LogP contribution in [0.1, 0.15) is 0 Å². The Morgan fingerprint density at radius 2 is 1.69 bits per heavy atom. The molecule has 1 nitrogen and oxygen atoms in total. The fourth-order valence-corrected chi connectivity index (χ4v) is 1.32. The van der Waals surface area contributed by atoms with Gasteiger partial charge in [0.1, 0.15) is 0 Å². The molecule has 0 atom stereocenters. The zero-order valence-corrected chi connectivity index (χ0v) is 7.27. The molecule has 0 amide bonds. The summed E-state index contributed by atoms with van der Waals surface area (Å²) in [6.45, 7) is 0. The average molecular weight is 163 g/mol. The molecule has 1 aromatic carbocycles. The average Bonchev–Trinajstić information content (AvgIpc) is 2.20. The number of hydrogen-bond donors (Lipinski definition) is 0. The van der Waals surface area contributed by atoms with Gasteiger partial charge >= 0.3 is 79.6 Å². The predicted molar refractivity (Wildman–Crippen MR) is 55.1 cm³/mol. The van der Waals surface area contributed by atoms with Crippen LogP contribution >= 0.6 is 0 Å². The van der Waals surface area contributed by atoms with Gasteiger partial charge in [-0.15, -0.1) is 0 Å². The van der Waals surface area contributed by atoms with Crippen molar-refractivity contribution in [2.24, 2.45) is 0 Å². The van der Waals surface area contributed by atoms with Gasteiger partial charge in [-0.25, -0.2) is 0 Å². The van der Waals surface area contributed by atoms with Crippen molar-refractivity contribution in [3.63, 3.8) is 0 Å². The van der Waals surface area contributed by atoms with Crippen LogP contribution in [-0.4, -0.2) is 14.4 Å². The van der Waals surface area contributed by atoms with E-state index in [0.29, 0.717) is 0 Å². The normalized spacial score (nSPS) is 9.77. The summed E-state index contributed by atoms with van der Waals surface area (Å²) in [4.78, 5) is 4.14. The Balaban J connectivity index is 2.54. The van der Waals surface area contributed by atoms with Gasteiger partial charge in [0.25, 0.3) is 0 Å². The summed E-state index contributed by atoms with van der Waals surface area (Å²) in [5, 5.41) is 0. The van der Waals surface area contributed by atoms with E-state index >= 15 is 0 Å². The number of aromatic nitrogens is 1. The zero-order valence-electron chi connectivity index (χ0n) is 7.27. The Kier molecular flexibility index (Phi) is 2.20. The third kappa shape index (κ3) is 1.66. The van der Waals surface area contributed by atoms with Crippen LogP contribution in [0.5, 0.6) is 0 Å². The van der Waals surface area contributed by atoms with Crippen LogP contribution in [0.2, 0.25) is 0 Å². The van der Waals surface area contributed by atoms with Crippen LogP contribution in [0, 0.1) is 0 Å². The quantitative estimate of drug-likeness (QED) is 0.581. The number of nitrogens with zero attached hydrogens (tertiary/aromatic N) is 1. The van der Waals surface area contributed by atoms with E-state index in [0.717, 1.165) is 11.0 Å². The number of pyridine rings is 1. The predicted octanol–water partition coefficient (Wildman–Crippen LogP) is 1.54. The molecule has 0 aliphatic carbocycles. The molecule has 0 spiro atoms. The molecule has 0 saturated heterocycles. The molecule has 1 heterocycles. The first-order valence-corrected chi connectivity index (χ1v) is 4.20. The Morgan fingerprint density at radius 3 is 2.38 bits per heavy atom. The molecule has 0 bridgehead atoms. The van der Waals surface area contributed by atoms with Crippen molar-refractivity contribution in [2.45, 2.75) is 0 Å². The molecule has 0 fully saturated rings. The van der Waals surface area contributed by atoms with Crippen LogP contribution in [0.3, 0.4) is 0 Å². The number of hydrogen-bond acceptors (Lipinski definition) is 1. The molecule has 0 aliphatic heterocycles. The number of benzene rings is 1. The van der Waals surface area contributed by atoms with E-state index in [-0.39, 0.29) is 0 Å². The summed E-state index contributed by atoms with van der Waals surface area (Å²) in [6.07, 6.45) is 1.76. The summed E-state index contributed by atoms with van der Waals surface area (Å²) < 4.78 is 0. The maximum absolute atomic E-state index is 4.14. The monoisotopic (exact) mass is 163 g/mol. The van der Waals surface area contributed by atoms with Gasteiger partial charge in [-0.3, -0.25) is 0 Å². The molecule has 2 heteroatoms. The van der Waals surface area contributed by atoms with Gasteiger partial charge in [0.15, 0.2) is 0 Å². The third-order valence-corrected chi connectivity index (χ3v) is 1.98. The molecular weight excluding hydrogens is 155 g/mol. The first-order valence-electron chi connectivity index (χ1n) is 4.20. The molecule has 0 unspecified atom stereocenters. The van der Waals surface area contributed by atoms with Crippen LogP contribution in [0.15, 0.2) is 48.7 Å². The second kappa shape index (κ2) is 3.51. The van der Waals surface area contributed by atoms with Crippen molar-refractivity contribution in [1.82, 2.24) is 4.98 Å². The van der Waals surface area contributed by atoms with E-state index in [1.807, 2.05) is 30.3 Å². The molecular formula is C11H8BeN. The summed E-state index contributed by atoms with van der Waals surface area (Å²) >= 11 is 0. The molecule has 13 heavy (non-hydrogen) atoms. The van der Waals surface area contributed by atoms with E-state index in [9.17, 15) is 0 Å². The van der Waals surface area contributed by atoms with Crippen LogP contribution < -0.4 is 5.41 Å². The molecule has 0 aliphatic rings. The minimum atomic E-state index is 0.828. The van der Waals surface area contributed by atoms with Crippen molar-refractivity contribution >= 4 is 14.9 Å². The second-order valence-electron chi connectivity index (χ2n) is 2.86. The molecule has 0 N–H and O–H groups in total. The van der Waals surface area contributed by atoms with E-state index < -0.39 is 0 Å². The Bertz CT molecular complexity index is 398. The van der Waals surface area contributed by atoms with E-state index in [2.05, 4.69) is 26.6 Å². The Labute approximate surface area is 80.2 Å². The third-order valence-electron chi connectivity index (χ3n) is 1.98. The fourth-order valence-electron chi connectivity index (χ4n) is 1.32. The van der Waals surface area contributed by atoms with Crippen molar-refractivity contribution < 1.29 is 0 Å². The molecule has 0 saturated carbocycles. The number of rotatable bonds is 1. The van der Waals surface area contributed by atoms with E-state index in [1.54, 1.807) is 6.20 Å². The van der Waals surface area contributed by atoms with Crippen LogP contribution in [0.4, 0.5) is 0 Å². The van der Waals surface area contributed by atoms with E-state index in [4.69, 9.17) is 0 Å². The summed E-state index contributed by atoms with van der Waals surface area (Å²) in [5.74, 6) is 0.